The van der Waals surface area contributed by atoms with E-state index in [1.165, 1.54) is 0 Å². The summed E-state index contributed by atoms with van der Waals surface area (Å²) in [5, 5.41) is 10.8. The van der Waals surface area contributed by atoms with E-state index in [2.05, 4.69) is 27.0 Å². The number of nitriles is 1. The zero-order valence-corrected chi connectivity index (χ0v) is 11.6. The topological polar surface area (TPSA) is 36.7 Å². The van der Waals surface area contributed by atoms with Gasteiger partial charge in [-0.15, -0.1) is 11.3 Å². The Kier molecular flexibility index (Phi) is 3.64. The van der Waals surface area contributed by atoms with Crippen molar-refractivity contribution in [2.75, 3.05) is 0 Å². The molecule has 0 saturated heterocycles. The molecule has 0 spiro atoms. The number of benzene rings is 1. The van der Waals surface area contributed by atoms with E-state index in [-0.39, 0.29) is 0 Å². The Morgan fingerprint density at radius 3 is 2.88 bits per heavy atom. The molecule has 0 amide bonds. The Morgan fingerprint density at radius 1 is 1.50 bits per heavy atom. The summed E-state index contributed by atoms with van der Waals surface area (Å²) in [7, 11) is 0. The molecule has 0 bridgehead atoms. The first kappa shape index (κ1) is 11.6. The van der Waals surface area contributed by atoms with Crippen molar-refractivity contribution in [2.24, 2.45) is 0 Å². The van der Waals surface area contributed by atoms with E-state index in [0.29, 0.717) is 5.56 Å². The second kappa shape index (κ2) is 5.00. The SMILES string of the molecule is Cc1csc(Sc2ccc(C#N)cc2Br)n1. The van der Waals surface area contributed by atoms with Crippen LogP contribution in [0.1, 0.15) is 11.3 Å². The number of aromatic nitrogens is 1. The van der Waals surface area contributed by atoms with Crippen LogP contribution in [0.2, 0.25) is 0 Å². The number of nitrogens with zero attached hydrogens (tertiary/aromatic N) is 2. The van der Waals surface area contributed by atoms with Crippen molar-refractivity contribution in [3.05, 3.63) is 39.3 Å². The summed E-state index contributed by atoms with van der Waals surface area (Å²) in [6.07, 6.45) is 0. The Hall–Kier alpha value is -0.830. The van der Waals surface area contributed by atoms with Gasteiger partial charge in [0, 0.05) is 20.4 Å². The molecule has 0 atom stereocenters. The molecule has 0 N–H and O–H groups in total. The molecule has 16 heavy (non-hydrogen) atoms. The fourth-order valence-electron chi connectivity index (χ4n) is 1.13. The first-order valence-electron chi connectivity index (χ1n) is 4.48. The van der Waals surface area contributed by atoms with Gasteiger partial charge in [-0.3, -0.25) is 0 Å². The third-order valence-corrected chi connectivity index (χ3v) is 4.91. The van der Waals surface area contributed by atoms with Crippen molar-refractivity contribution in [1.29, 1.82) is 5.26 Å². The fraction of sp³-hybridized carbons (Fsp3) is 0.0909. The van der Waals surface area contributed by atoms with Crippen LogP contribution < -0.4 is 0 Å². The highest BCUT2D eigenvalue weighted by molar-refractivity contribution is 9.10. The van der Waals surface area contributed by atoms with E-state index in [1.54, 1.807) is 23.1 Å². The average molecular weight is 311 g/mol. The van der Waals surface area contributed by atoms with Gasteiger partial charge in [0.05, 0.1) is 11.6 Å². The molecule has 2 rings (SSSR count). The summed E-state index contributed by atoms with van der Waals surface area (Å²) >= 11 is 6.69. The quantitative estimate of drug-likeness (QED) is 0.832. The lowest BCUT2D eigenvalue weighted by Gasteiger charge is -2.01. The standard InChI is InChI=1S/C11H7BrN2S2/c1-7-6-15-11(14-7)16-10-3-2-8(5-13)4-9(10)12/h2-4,6H,1H3. The summed E-state index contributed by atoms with van der Waals surface area (Å²) in [6, 6.07) is 7.68. The lowest BCUT2D eigenvalue weighted by molar-refractivity contribution is 1.16. The van der Waals surface area contributed by atoms with Crippen LogP contribution in [0.3, 0.4) is 0 Å². The normalized spacial score (nSPS) is 10.1. The molecule has 2 nitrogen and oxygen atoms in total. The predicted octanol–water partition coefficient (Wildman–Crippen LogP) is 4.24. The van der Waals surface area contributed by atoms with Gasteiger partial charge in [0.15, 0.2) is 4.34 Å². The fourth-order valence-corrected chi connectivity index (χ4v) is 3.55. The van der Waals surface area contributed by atoms with E-state index < -0.39 is 0 Å². The molecule has 1 aromatic heterocycles. The van der Waals surface area contributed by atoms with E-state index in [9.17, 15) is 0 Å². The minimum absolute atomic E-state index is 0.659. The molecule has 0 aliphatic rings. The molecule has 0 fully saturated rings. The third-order valence-electron chi connectivity index (χ3n) is 1.86. The largest absolute Gasteiger partial charge is 0.235 e. The summed E-state index contributed by atoms with van der Waals surface area (Å²) in [5.74, 6) is 0. The lowest BCUT2D eigenvalue weighted by Crippen LogP contribution is -1.79. The summed E-state index contributed by atoms with van der Waals surface area (Å²) in [6.45, 7) is 1.98. The average Bonchev–Trinajstić information content (AvgIpc) is 2.67. The highest BCUT2D eigenvalue weighted by Crippen LogP contribution is 2.35. The van der Waals surface area contributed by atoms with Crippen LogP contribution in [0.4, 0.5) is 0 Å². The van der Waals surface area contributed by atoms with E-state index in [0.717, 1.165) is 19.4 Å². The van der Waals surface area contributed by atoms with Crippen LogP contribution in [0.25, 0.3) is 0 Å². The minimum atomic E-state index is 0.659. The van der Waals surface area contributed by atoms with Gasteiger partial charge >= 0.3 is 0 Å². The maximum absolute atomic E-state index is 8.76. The van der Waals surface area contributed by atoms with Crippen molar-refractivity contribution in [2.45, 2.75) is 16.2 Å². The Bertz CT molecular complexity index is 557. The molecule has 0 aliphatic heterocycles. The van der Waals surface area contributed by atoms with Crippen molar-refractivity contribution < 1.29 is 0 Å². The molecule has 0 radical (unpaired) electrons. The van der Waals surface area contributed by atoms with E-state index in [4.69, 9.17) is 5.26 Å². The number of aryl methyl sites for hydroxylation is 1. The molecule has 0 aliphatic carbocycles. The number of hydrogen-bond donors (Lipinski definition) is 0. The van der Waals surface area contributed by atoms with Gasteiger partial charge in [-0.25, -0.2) is 4.98 Å². The van der Waals surface area contributed by atoms with Gasteiger partial charge in [-0.2, -0.15) is 5.26 Å². The second-order valence-electron chi connectivity index (χ2n) is 3.11. The van der Waals surface area contributed by atoms with Gasteiger partial charge in [-0.05, 0) is 41.1 Å². The highest BCUT2D eigenvalue weighted by Gasteiger charge is 2.06. The number of thiazole rings is 1. The van der Waals surface area contributed by atoms with Crippen molar-refractivity contribution in [3.8, 4) is 6.07 Å². The summed E-state index contributed by atoms with van der Waals surface area (Å²) < 4.78 is 1.95. The first-order valence-corrected chi connectivity index (χ1v) is 6.97. The second-order valence-corrected chi connectivity index (χ2v) is 6.12. The van der Waals surface area contributed by atoms with Gasteiger partial charge in [-0.1, -0.05) is 11.8 Å². The number of rotatable bonds is 2. The molecular formula is C11H7BrN2S2. The van der Waals surface area contributed by atoms with Gasteiger partial charge in [0.1, 0.15) is 0 Å². The Balaban J connectivity index is 2.26. The molecule has 1 heterocycles. The smallest absolute Gasteiger partial charge is 0.154 e. The van der Waals surface area contributed by atoms with Crippen molar-refractivity contribution in [1.82, 2.24) is 4.98 Å². The maximum Gasteiger partial charge on any atom is 0.154 e. The minimum Gasteiger partial charge on any atom is -0.235 e. The number of hydrogen-bond acceptors (Lipinski definition) is 4. The van der Waals surface area contributed by atoms with Crippen LogP contribution in [-0.4, -0.2) is 4.98 Å². The molecule has 1 aromatic carbocycles. The molecule has 2 aromatic rings. The molecule has 0 saturated carbocycles. The maximum atomic E-state index is 8.76. The van der Waals surface area contributed by atoms with Crippen LogP contribution in [-0.2, 0) is 0 Å². The molecular weight excluding hydrogens is 304 g/mol. The lowest BCUT2D eigenvalue weighted by atomic mass is 10.2. The van der Waals surface area contributed by atoms with E-state index >= 15 is 0 Å². The first-order chi connectivity index (χ1) is 7.69. The van der Waals surface area contributed by atoms with Gasteiger partial charge in [0.25, 0.3) is 0 Å². The van der Waals surface area contributed by atoms with E-state index in [1.807, 2.05) is 30.5 Å². The third kappa shape index (κ3) is 2.64. The zero-order chi connectivity index (χ0) is 11.5. The van der Waals surface area contributed by atoms with Crippen LogP contribution in [0.15, 0.2) is 37.3 Å². The summed E-state index contributed by atoms with van der Waals surface area (Å²) in [4.78, 5) is 5.46. The van der Waals surface area contributed by atoms with Crippen LogP contribution >= 0.6 is 39.0 Å². The number of halogens is 1. The summed E-state index contributed by atoms with van der Waals surface area (Å²) in [5.41, 5.74) is 1.70. The van der Waals surface area contributed by atoms with Crippen molar-refractivity contribution >= 4 is 39.0 Å². The monoisotopic (exact) mass is 310 g/mol. The van der Waals surface area contributed by atoms with Crippen LogP contribution in [0.5, 0.6) is 0 Å². The van der Waals surface area contributed by atoms with Crippen molar-refractivity contribution in [3.63, 3.8) is 0 Å². The Labute approximate surface area is 110 Å². The Morgan fingerprint density at radius 2 is 2.31 bits per heavy atom. The van der Waals surface area contributed by atoms with Crippen LogP contribution in [0, 0.1) is 18.3 Å². The molecule has 5 heteroatoms. The molecule has 0 unspecified atom stereocenters. The predicted molar refractivity (Wildman–Crippen MR) is 69.8 cm³/mol. The highest BCUT2D eigenvalue weighted by atomic mass is 79.9. The van der Waals surface area contributed by atoms with Gasteiger partial charge < -0.3 is 0 Å². The van der Waals surface area contributed by atoms with Gasteiger partial charge in [0.2, 0.25) is 0 Å². The zero-order valence-electron chi connectivity index (χ0n) is 8.40. The molecule has 80 valence electrons.